The molecule has 1 aromatic rings. The van der Waals surface area contributed by atoms with E-state index in [1.165, 1.54) is 0 Å². The van der Waals surface area contributed by atoms with Crippen molar-refractivity contribution >= 4 is 5.95 Å². The molecule has 1 aliphatic heterocycles. The molecule has 18 heavy (non-hydrogen) atoms. The van der Waals surface area contributed by atoms with Gasteiger partial charge < -0.3 is 19.9 Å². The number of aromatic nitrogens is 2. The van der Waals surface area contributed by atoms with Crippen LogP contribution < -0.4 is 10.6 Å². The maximum atomic E-state index is 6.16. The van der Waals surface area contributed by atoms with Crippen molar-refractivity contribution in [1.82, 2.24) is 9.55 Å². The highest BCUT2D eigenvalue weighted by molar-refractivity contribution is 5.34. The summed E-state index contributed by atoms with van der Waals surface area (Å²) in [5.41, 5.74) is 7.21. The summed E-state index contributed by atoms with van der Waals surface area (Å²) in [6.45, 7) is 7.74. The fraction of sp³-hybridized carbons (Fsp3) is 0.769. The molecule has 102 valence electrons. The Balaban J connectivity index is 2.12. The largest absolute Gasteiger partial charge is 0.383 e. The third-order valence-corrected chi connectivity index (χ3v) is 3.71. The first-order chi connectivity index (χ1) is 8.61. The molecule has 0 spiro atoms. The lowest BCUT2D eigenvalue weighted by molar-refractivity contribution is 0.187. The minimum Gasteiger partial charge on any atom is -0.383 e. The van der Waals surface area contributed by atoms with E-state index in [1.54, 1.807) is 7.11 Å². The molecule has 2 heterocycles. The van der Waals surface area contributed by atoms with E-state index < -0.39 is 0 Å². The predicted molar refractivity (Wildman–Crippen MR) is 72.8 cm³/mol. The third-order valence-electron chi connectivity index (χ3n) is 3.71. The zero-order valence-electron chi connectivity index (χ0n) is 11.6. The number of aryl methyl sites for hydroxylation is 1. The van der Waals surface area contributed by atoms with Crippen LogP contribution in [0.15, 0.2) is 6.20 Å². The number of anilines is 1. The van der Waals surface area contributed by atoms with Crippen molar-refractivity contribution in [3.05, 3.63) is 11.9 Å². The van der Waals surface area contributed by atoms with E-state index in [1.807, 2.05) is 6.92 Å². The van der Waals surface area contributed by atoms with Gasteiger partial charge in [0, 0.05) is 39.0 Å². The first-order valence-electron chi connectivity index (χ1n) is 6.65. The van der Waals surface area contributed by atoms with Crippen molar-refractivity contribution in [3.8, 4) is 0 Å². The molecule has 5 nitrogen and oxygen atoms in total. The summed E-state index contributed by atoms with van der Waals surface area (Å²) in [4.78, 5) is 6.92. The van der Waals surface area contributed by atoms with Crippen molar-refractivity contribution in [2.45, 2.75) is 32.9 Å². The van der Waals surface area contributed by atoms with Crippen LogP contribution in [0.1, 0.15) is 19.0 Å². The Bertz CT molecular complexity index is 390. The molecule has 0 radical (unpaired) electrons. The smallest absolute Gasteiger partial charge is 0.205 e. The molecule has 2 atom stereocenters. The second-order valence-electron chi connectivity index (χ2n) is 5.24. The molecule has 1 fully saturated rings. The number of hydrogen-bond donors (Lipinski definition) is 1. The van der Waals surface area contributed by atoms with Gasteiger partial charge in [0.2, 0.25) is 5.95 Å². The first kappa shape index (κ1) is 13.4. The van der Waals surface area contributed by atoms with Gasteiger partial charge in [0.15, 0.2) is 0 Å². The molecule has 0 aromatic carbocycles. The Morgan fingerprint density at radius 1 is 1.56 bits per heavy atom. The van der Waals surface area contributed by atoms with Crippen molar-refractivity contribution in [1.29, 1.82) is 0 Å². The average Bonchev–Trinajstić information content (AvgIpc) is 2.71. The van der Waals surface area contributed by atoms with Crippen LogP contribution in [-0.4, -0.2) is 42.4 Å². The molecule has 1 aromatic heterocycles. The van der Waals surface area contributed by atoms with E-state index in [-0.39, 0.29) is 6.04 Å². The van der Waals surface area contributed by atoms with Crippen LogP contribution in [-0.2, 0) is 11.3 Å². The van der Waals surface area contributed by atoms with Gasteiger partial charge in [-0.3, -0.25) is 0 Å². The third kappa shape index (κ3) is 2.84. The average molecular weight is 252 g/mol. The molecule has 5 heteroatoms. The van der Waals surface area contributed by atoms with Gasteiger partial charge in [-0.25, -0.2) is 4.98 Å². The van der Waals surface area contributed by atoms with Crippen molar-refractivity contribution in [2.75, 3.05) is 31.7 Å². The fourth-order valence-electron chi connectivity index (χ4n) is 2.42. The summed E-state index contributed by atoms with van der Waals surface area (Å²) in [5.74, 6) is 1.64. The zero-order valence-corrected chi connectivity index (χ0v) is 11.6. The molecule has 1 saturated heterocycles. The summed E-state index contributed by atoms with van der Waals surface area (Å²) in [7, 11) is 1.72. The highest BCUT2D eigenvalue weighted by Gasteiger charge is 2.25. The maximum absolute atomic E-state index is 6.16. The van der Waals surface area contributed by atoms with E-state index >= 15 is 0 Å². The van der Waals surface area contributed by atoms with Gasteiger partial charge in [0.25, 0.3) is 0 Å². The van der Waals surface area contributed by atoms with E-state index in [2.05, 4.69) is 27.6 Å². The van der Waals surface area contributed by atoms with Gasteiger partial charge in [0.05, 0.1) is 12.3 Å². The molecular weight excluding hydrogens is 228 g/mol. The van der Waals surface area contributed by atoms with E-state index in [9.17, 15) is 0 Å². The van der Waals surface area contributed by atoms with Crippen LogP contribution in [0.4, 0.5) is 5.95 Å². The molecule has 0 saturated carbocycles. The minimum atomic E-state index is 0.242. The topological polar surface area (TPSA) is 56.3 Å². The quantitative estimate of drug-likeness (QED) is 0.869. The van der Waals surface area contributed by atoms with Gasteiger partial charge in [-0.15, -0.1) is 0 Å². The molecule has 0 amide bonds. The maximum Gasteiger partial charge on any atom is 0.205 e. The Labute approximate surface area is 109 Å². The summed E-state index contributed by atoms with van der Waals surface area (Å²) >= 11 is 0. The second-order valence-corrected chi connectivity index (χ2v) is 5.24. The van der Waals surface area contributed by atoms with Gasteiger partial charge in [-0.05, 0) is 19.3 Å². The molecule has 2 N–H and O–H groups in total. The highest BCUT2D eigenvalue weighted by atomic mass is 16.5. The summed E-state index contributed by atoms with van der Waals surface area (Å²) < 4.78 is 7.31. The number of hydrogen-bond acceptors (Lipinski definition) is 4. The zero-order chi connectivity index (χ0) is 13.1. The van der Waals surface area contributed by atoms with Crippen LogP contribution in [0.3, 0.4) is 0 Å². The van der Waals surface area contributed by atoms with Gasteiger partial charge in [-0.1, -0.05) is 6.92 Å². The Morgan fingerprint density at radius 2 is 2.33 bits per heavy atom. The molecule has 1 aliphatic rings. The number of rotatable bonds is 4. The lowest BCUT2D eigenvalue weighted by atomic mass is 9.94. The van der Waals surface area contributed by atoms with Crippen LogP contribution in [0, 0.1) is 12.8 Å². The number of piperidine rings is 1. The van der Waals surface area contributed by atoms with Crippen LogP contribution in [0.2, 0.25) is 0 Å². The molecule has 2 unspecified atom stereocenters. The number of imidazole rings is 1. The van der Waals surface area contributed by atoms with Gasteiger partial charge >= 0.3 is 0 Å². The standard InChI is InChI=1S/C13H24N4O/c1-10-4-5-16(9-12(10)14)13-15-11(2)8-17(13)6-7-18-3/h8,10,12H,4-7,9,14H2,1-3H3. The number of methoxy groups -OCH3 is 1. The Hall–Kier alpha value is -1.07. The summed E-state index contributed by atoms with van der Waals surface area (Å²) in [6.07, 6.45) is 3.22. The van der Waals surface area contributed by atoms with Gasteiger partial charge in [0.1, 0.15) is 0 Å². The normalized spacial score (nSPS) is 24.6. The van der Waals surface area contributed by atoms with E-state index in [0.717, 1.165) is 37.7 Å². The van der Waals surface area contributed by atoms with Crippen molar-refractivity contribution in [3.63, 3.8) is 0 Å². The molecule has 0 bridgehead atoms. The summed E-state index contributed by atoms with van der Waals surface area (Å²) in [5, 5.41) is 0. The second kappa shape index (κ2) is 5.71. The minimum absolute atomic E-state index is 0.242. The lowest BCUT2D eigenvalue weighted by Crippen LogP contribution is -2.48. The summed E-state index contributed by atoms with van der Waals surface area (Å²) in [6, 6.07) is 0.242. The number of ether oxygens (including phenoxy) is 1. The molecule has 2 rings (SSSR count). The monoisotopic (exact) mass is 252 g/mol. The number of nitrogens with two attached hydrogens (primary N) is 1. The van der Waals surface area contributed by atoms with E-state index in [4.69, 9.17) is 10.5 Å². The van der Waals surface area contributed by atoms with Crippen LogP contribution in [0.5, 0.6) is 0 Å². The SMILES string of the molecule is COCCn1cc(C)nc1N1CCC(C)C(N)C1. The fourth-order valence-corrected chi connectivity index (χ4v) is 2.42. The molecule has 0 aliphatic carbocycles. The van der Waals surface area contributed by atoms with Crippen molar-refractivity contribution < 1.29 is 4.74 Å². The predicted octanol–water partition coefficient (Wildman–Crippen LogP) is 1.01. The van der Waals surface area contributed by atoms with Gasteiger partial charge in [-0.2, -0.15) is 0 Å². The Kier molecular flexibility index (Phi) is 4.24. The van der Waals surface area contributed by atoms with Crippen LogP contribution in [0.25, 0.3) is 0 Å². The van der Waals surface area contributed by atoms with Crippen molar-refractivity contribution in [2.24, 2.45) is 11.7 Å². The van der Waals surface area contributed by atoms with Crippen LogP contribution >= 0.6 is 0 Å². The number of nitrogens with zero attached hydrogens (tertiary/aromatic N) is 3. The molecular formula is C13H24N4O. The van der Waals surface area contributed by atoms with E-state index in [0.29, 0.717) is 12.5 Å². The lowest BCUT2D eigenvalue weighted by Gasteiger charge is -2.35. The first-order valence-corrected chi connectivity index (χ1v) is 6.65. The Morgan fingerprint density at radius 3 is 3.00 bits per heavy atom. The highest BCUT2D eigenvalue weighted by Crippen LogP contribution is 2.22.